The average molecular weight is 443 g/mol. The number of fused-ring (bicyclic) bond motifs is 1. The molecule has 0 saturated carbocycles. The maximum atomic E-state index is 12.9. The van der Waals surface area contributed by atoms with Gasteiger partial charge in [0.15, 0.2) is 5.13 Å². The van der Waals surface area contributed by atoms with Crippen molar-refractivity contribution >= 4 is 44.2 Å². The highest BCUT2D eigenvalue weighted by molar-refractivity contribution is 7.22. The number of benzene rings is 1. The van der Waals surface area contributed by atoms with Crippen LogP contribution in [0.4, 0.5) is 10.8 Å². The minimum absolute atomic E-state index is 0.230. The third kappa shape index (κ3) is 4.42. The molecule has 3 aromatic rings. The number of rotatable bonds is 5. The number of aryl methyl sites for hydroxylation is 1. The predicted molar refractivity (Wildman–Crippen MR) is 121 cm³/mol. The van der Waals surface area contributed by atoms with E-state index in [1.165, 1.54) is 0 Å². The monoisotopic (exact) mass is 442 g/mol. The number of aromatic nitrogens is 2. The van der Waals surface area contributed by atoms with Gasteiger partial charge in [-0.05, 0) is 51.5 Å². The van der Waals surface area contributed by atoms with Crippen LogP contribution in [0.2, 0.25) is 0 Å². The Balaban J connectivity index is 1.54. The Morgan fingerprint density at radius 1 is 1.26 bits per heavy atom. The van der Waals surface area contributed by atoms with E-state index in [0.29, 0.717) is 41.4 Å². The molecule has 164 valence electrons. The molecule has 1 aromatic carbocycles. The summed E-state index contributed by atoms with van der Waals surface area (Å²) >= 11 is 1.60. The number of hydrogen-bond donors (Lipinski definition) is 2. The molecule has 2 N–H and O–H groups in total. The average Bonchev–Trinajstić information content (AvgIpc) is 3.28. The van der Waals surface area contributed by atoms with Crippen LogP contribution in [0.5, 0.6) is 0 Å². The summed E-state index contributed by atoms with van der Waals surface area (Å²) in [5.74, 6) is -0.733. The van der Waals surface area contributed by atoms with Crippen molar-refractivity contribution in [2.45, 2.75) is 33.8 Å². The summed E-state index contributed by atoms with van der Waals surface area (Å²) in [7, 11) is 0. The van der Waals surface area contributed by atoms with E-state index < -0.39 is 5.97 Å². The molecule has 0 bridgehead atoms. The first-order valence-electron chi connectivity index (χ1n) is 10.3. The van der Waals surface area contributed by atoms with Crippen LogP contribution in [0.1, 0.15) is 46.0 Å². The lowest BCUT2D eigenvalue weighted by Gasteiger charge is -2.25. The zero-order chi connectivity index (χ0) is 22.1. The largest absolute Gasteiger partial charge is 0.459 e. The van der Waals surface area contributed by atoms with Gasteiger partial charge in [-0.1, -0.05) is 11.3 Å². The fourth-order valence-corrected chi connectivity index (χ4v) is 4.69. The Bertz CT molecular complexity index is 1130. The number of nitrogens with zero attached hydrogens (tertiary/aromatic N) is 2. The van der Waals surface area contributed by atoms with E-state index >= 15 is 0 Å². The number of esters is 1. The number of hydrogen-bond acceptors (Lipinski definition) is 7. The van der Waals surface area contributed by atoms with E-state index in [1.54, 1.807) is 39.0 Å². The van der Waals surface area contributed by atoms with Gasteiger partial charge < -0.3 is 24.7 Å². The smallest absolute Gasteiger partial charge is 0.340 e. The molecule has 0 radical (unpaired) electrons. The maximum absolute atomic E-state index is 12.9. The molecule has 2 aromatic heterocycles. The highest BCUT2D eigenvalue weighted by Gasteiger charge is 2.24. The lowest BCUT2D eigenvalue weighted by atomic mass is 10.1. The summed E-state index contributed by atoms with van der Waals surface area (Å²) in [6, 6.07) is 5.67. The van der Waals surface area contributed by atoms with Crippen molar-refractivity contribution in [3.05, 3.63) is 40.7 Å². The first-order chi connectivity index (χ1) is 14.8. The van der Waals surface area contributed by atoms with Gasteiger partial charge in [-0.15, -0.1) is 0 Å². The Kier molecular flexibility index (Phi) is 5.97. The summed E-state index contributed by atoms with van der Waals surface area (Å²) in [4.78, 5) is 35.2. The topological polar surface area (TPSA) is 96.5 Å². The zero-order valence-electron chi connectivity index (χ0n) is 18.1. The molecule has 1 amide bonds. The van der Waals surface area contributed by atoms with Gasteiger partial charge in [0.25, 0.3) is 5.91 Å². The number of anilines is 2. The van der Waals surface area contributed by atoms with Crippen LogP contribution in [0, 0.1) is 13.8 Å². The molecule has 1 saturated heterocycles. The molecule has 0 spiro atoms. The van der Waals surface area contributed by atoms with Crippen molar-refractivity contribution in [3.63, 3.8) is 0 Å². The summed E-state index contributed by atoms with van der Waals surface area (Å²) in [5, 5.41) is 3.89. The van der Waals surface area contributed by atoms with Crippen LogP contribution >= 0.6 is 11.3 Å². The number of aromatic amines is 1. The maximum Gasteiger partial charge on any atom is 0.340 e. The molecular weight excluding hydrogens is 416 g/mol. The molecule has 1 fully saturated rings. The van der Waals surface area contributed by atoms with Crippen molar-refractivity contribution in [1.29, 1.82) is 0 Å². The standard InChI is InChI=1S/C22H26N4O4S/c1-12(2)30-21(28)18-13(3)19(23-14(18)4)20(27)24-15-5-6-16-17(11-15)31-22(25-16)26-7-9-29-10-8-26/h5-6,11-12,23H,7-10H2,1-4H3,(H,24,27). The van der Waals surface area contributed by atoms with Crippen LogP contribution in [-0.4, -0.2) is 54.3 Å². The SMILES string of the molecule is Cc1[nH]c(C(=O)Nc2ccc3nc(N4CCOCC4)sc3c2)c(C)c1C(=O)OC(C)C. The molecular formula is C22H26N4O4S. The Morgan fingerprint density at radius 3 is 2.71 bits per heavy atom. The number of nitrogens with one attached hydrogen (secondary N) is 2. The summed E-state index contributed by atoms with van der Waals surface area (Å²) in [6.45, 7) is 10.2. The quantitative estimate of drug-likeness (QED) is 0.582. The molecule has 9 heteroatoms. The highest BCUT2D eigenvalue weighted by Crippen LogP contribution is 2.31. The summed E-state index contributed by atoms with van der Waals surface area (Å²) in [5.41, 5.74) is 3.52. The second kappa shape index (κ2) is 8.68. The molecule has 0 aliphatic carbocycles. The number of amides is 1. The highest BCUT2D eigenvalue weighted by atomic mass is 32.1. The minimum Gasteiger partial charge on any atom is -0.459 e. The zero-order valence-corrected chi connectivity index (χ0v) is 18.9. The lowest BCUT2D eigenvalue weighted by Crippen LogP contribution is -2.36. The van der Waals surface area contributed by atoms with Gasteiger partial charge in [-0.25, -0.2) is 9.78 Å². The van der Waals surface area contributed by atoms with E-state index in [9.17, 15) is 9.59 Å². The third-order valence-electron chi connectivity index (χ3n) is 5.13. The number of carbonyl (C=O) groups is 2. The van der Waals surface area contributed by atoms with Crippen molar-refractivity contribution in [1.82, 2.24) is 9.97 Å². The fourth-order valence-electron chi connectivity index (χ4n) is 3.63. The normalized spacial score (nSPS) is 14.3. The van der Waals surface area contributed by atoms with E-state index in [2.05, 4.69) is 15.2 Å². The van der Waals surface area contributed by atoms with Crippen molar-refractivity contribution in [2.24, 2.45) is 0 Å². The fraction of sp³-hybridized carbons (Fsp3) is 0.409. The van der Waals surface area contributed by atoms with E-state index in [-0.39, 0.29) is 12.0 Å². The third-order valence-corrected chi connectivity index (χ3v) is 6.21. The molecule has 3 heterocycles. The van der Waals surface area contributed by atoms with Crippen LogP contribution in [0.3, 0.4) is 0 Å². The van der Waals surface area contributed by atoms with Crippen LogP contribution in [0.25, 0.3) is 10.2 Å². The molecule has 1 aliphatic rings. The second-order valence-corrected chi connectivity index (χ2v) is 8.82. The van der Waals surface area contributed by atoms with Crippen molar-refractivity contribution in [3.8, 4) is 0 Å². The number of morpholine rings is 1. The van der Waals surface area contributed by atoms with Crippen LogP contribution in [-0.2, 0) is 9.47 Å². The Hall–Kier alpha value is -2.91. The number of ether oxygens (including phenoxy) is 2. The molecule has 1 aliphatic heterocycles. The summed E-state index contributed by atoms with van der Waals surface area (Å²) < 4.78 is 11.7. The molecule has 0 unspecified atom stereocenters. The van der Waals surface area contributed by atoms with Crippen molar-refractivity contribution < 1.29 is 19.1 Å². The van der Waals surface area contributed by atoms with E-state index in [4.69, 9.17) is 14.5 Å². The molecule has 31 heavy (non-hydrogen) atoms. The molecule has 0 atom stereocenters. The number of thiazole rings is 1. The van der Waals surface area contributed by atoms with Gasteiger partial charge in [-0.3, -0.25) is 4.79 Å². The predicted octanol–water partition coefficient (Wildman–Crippen LogP) is 3.90. The van der Waals surface area contributed by atoms with Gasteiger partial charge in [0.1, 0.15) is 5.69 Å². The minimum atomic E-state index is -0.429. The Morgan fingerprint density at radius 2 is 2.00 bits per heavy atom. The van der Waals surface area contributed by atoms with Gasteiger partial charge in [-0.2, -0.15) is 0 Å². The van der Waals surface area contributed by atoms with Gasteiger partial charge in [0.05, 0.1) is 35.1 Å². The first kappa shape index (κ1) is 21.3. The van der Waals surface area contributed by atoms with E-state index in [0.717, 1.165) is 28.4 Å². The van der Waals surface area contributed by atoms with E-state index in [1.807, 2.05) is 18.2 Å². The molecule has 4 rings (SSSR count). The van der Waals surface area contributed by atoms with Gasteiger partial charge in [0, 0.05) is 24.5 Å². The Labute approximate surface area is 184 Å². The summed E-state index contributed by atoms with van der Waals surface area (Å²) in [6.07, 6.45) is -0.230. The first-order valence-corrected chi connectivity index (χ1v) is 11.1. The number of H-pyrrole nitrogens is 1. The van der Waals surface area contributed by atoms with Crippen molar-refractivity contribution in [2.75, 3.05) is 36.5 Å². The second-order valence-electron chi connectivity index (χ2n) is 7.81. The van der Waals surface area contributed by atoms with Crippen LogP contribution < -0.4 is 10.2 Å². The van der Waals surface area contributed by atoms with Gasteiger partial charge in [0.2, 0.25) is 0 Å². The number of carbonyl (C=O) groups excluding carboxylic acids is 2. The molecule has 8 nitrogen and oxygen atoms in total. The van der Waals surface area contributed by atoms with Crippen LogP contribution in [0.15, 0.2) is 18.2 Å². The lowest BCUT2D eigenvalue weighted by molar-refractivity contribution is 0.0376. The van der Waals surface area contributed by atoms with Gasteiger partial charge >= 0.3 is 5.97 Å².